The van der Waals surface area contributed by atoms with E-state index in [2.05, 4.69) is 14.9 Å². The summed E-state index contributed by atoms with van der Waals surface area (Å²) in [5.41, 5.74) is 5.73. The molecule has 0 amide bonds. The molecule has 1 aliphatic rings. The molecular formula is C13H21ClN4O. The van der Waals surface area contributed by atoms with Crippen molar-refractivity contribution < 1.29 is 4.74 Å². The van der Waals surface area contributed by atoms with E-state index in [-0.39, 0.29) is 0 Å². The Morgan fingerprint density at radius 3 is 2.79 bits per heavy atom. The maximum Gasteiger partial charge on any atom is 0.318 e. The highest BCUT2D eigenvalue weighted by molar-refractivity contribution is 6.32. The lowest BCUT2D eigenvalue weighted by atomic mass is 9.94. The van der Waals surface area contributed by atoms with Gasteiger partial charge in [0, 0.05) is 19.1 Å². The lowest BCUT2D eigenvalue weighted by Gasteiger charge is -2.35. The van der Waals surface area contributed by atoms with Crippen LogP contribution in [0.5, 0.6) is 6.01 Å². The van der Waals surface area contributed by atoms with Gasteiger partial charge in [-0.25, -0.2) is 4.98 Å². The maximum atomic E-state index is 6.24. The molecule has 1 aromatic heterocycles. The summed E-state index contributed by atoms with van der Waals surface area (Å²) >= 11 is 6.24. The predicted octanol–water partition coefficient (Wildman–Crippen LogP) is 2.24. The minimum absolute atomic E-state index is 0.345. The van der Waals surface area contributed by atoms with Crippen molar-refractivity contribution in [3.8, 4) is 6.01 Å². The van der Waals surface area contributed by atoms with Crippen LogP contribution in [0.4, 0.5) is 5.82 Å². The second-order valence-electron chi connectivity index (χ2n) is 4.80. The highest BCUT2D eigenvalue weighted by atomic mass is 35.5. The fourth-order valence-electron chi connectivity index (χ4n) is 2.64. The Hall–Kier alpha value is -1.07. The Labute approximate surface area is 119 Å². The summed E-state index contributed by atoms with van der Waals surface area (Å²) in [5.74, 6) is 0.742. The number of ether oxygens (including phenoxy) is 1. The van der Waals surface area contributed by atoms with Gasteiger partial charge in [-0.15, -0.1) is 0 Å². The smallest absolute Gasteiger partial charge is 0.318 e. The molecule has 106 valence electrons. The van der Waals surface area contributed by atoms with Crippen LogP contribution < -0.4 is 15.4 Å². The topological polar surface area (TPSA) is 64.3 Å². The molecule has 0 atom stereocenters. The van der Waals surface area contributed by atoms with Crippen LogP contribution >= 0.6 is 11.6 Å². The summed E-state index contributed by atoms with van der Waals surface area (Å²) in [6.07, 6.45) is 7.76. The summed E-state index contributed by atoms with van der Waals surface area (Å²) in [4.78, 5) is 10.6. The highest BCUT2D eigenvalue weighted by Crippen LogP contribution is 2.31. The summed E-state index contributed by atoms with van der Waals surface area (Å²) in [7, 11) is 1.56. The molecule has 0 spiro atoms. The van der Waals surface area contributed by atoms with Crippen LogP contribution in [0.1, 0.15) is 32.1 Å². The predicted molar refractivity (Wildman–Crippen MR) is 76.9 cm³/mol. The van der Waals surface area contributed by atoms with Crippen LogP contribution in [0.3, 0.4) is 0 Å². The summed E-state index contributed by atoms with van der Waals surface area (Å²) in [6, 6.07) is 0.812. The van der Waals surface area contributed by atoms with Gasteiger partial charge in [-0.2, -0.15) is 4.98 Å². The number of nitrogens with zero attached hydrogens (tertiary/aromatic N) is 3. The van der Waals surface area contributed by atoms with Gasteiger partial charge in [0.15, 0.2) is 5.82 Å². The first-order valence-corrected chi connectivity index (χ1v) is 7.17. The van der Waals surface area contributed by atoms with E-state index in [4.69, 9.17) is 22.1 Å². The van der Waals surface area contributed by atoms with Gasteiger partial charge in [0.25, 0.3) is 0 Å². The molecule has 0 unspecified atom stereocenters. The molecule has 0 bridgehead atoms. The Morgan fingerprint density at radius 1 is 1.42 bits per heavy atom. The number of hydrogen-bond acceptors (Lipinski definition) is 5. The number of aromatic nitrogens is 2. The normalized spacial score (nSPS) is 16.4. The van der Waals surface area contributed by atoms with Crippen LogP contribution in [0, 0.1) is 0 Å². The number of methoxy groups -OCH3 is 1. The standard InChI is InChI=1S/C13H21ClN4O/c1-19-13-16-9-11(14)12(17-13)18(8-7-15)10-5-3-2-4-6-10/h9-10H,2-8,15H2,1H3. The zero-order valence-electron chi connectivity index (χ0n) is 11.3. The van der Waals surface area contributed by atoms with Gasteiger partial charge < -0.3 is 15.4 Å². The first-order chi connectivity index (χ1) is 9.26. The Bertz CT molecular complexity index is 410. The third-order valence-electron chi connectivity index (χ3n) is 3.54. The van der Waals surface area contributed by atoms with E-state index >= 15 is 0 Å². The molecule has 0 saturated heterocycles. The van der Waals surface area contributed by atoms with Gasteiger partial charge in [0.2, 0.25) is 0 Å². The minimum atomic E-state index is 0.345. The van der Waals surface area contributed by atoms with Crippen molar-refractivity contribution >= 4 is 17.4 Å². The fraction of sp³-hybridized carbons (Fsp3) is 0.692. The third-order valence-corrected chi connectivity index (χ3v) is 3.81. The quantitative estimate of drug-likeness (QED) is 0.898. The first kappa shape index (κ1) is 14.3. The number of nitrogens with two attached hydrogens (primary N) is 1. The molecule has 2 rings (SSSR count). The fourth-order valence-corrected chi connectivity index (χ4v) is 2.84. The molecule has 5 nitrogen and oxygen atoms in total. The van der Waals surface area contributed by atoms with E-state index in [9.17, 15) is 0 Å². The van der Waals surface area contributed by atoms with Gasteiger partial charge in [-0.3, -0.25) is 0 Å². The molecule has 1 heterocycles. The molecule has 19 heavy (non-hydrogen) atoms. The summed E-state index contributed by atoms with van der Waals surface area (Å²) in [6.45, 7) is 1.34. The number of halogens is 1. The zero-order chi connectivity index (χ0) is 13.7. The SMILES string of the molecule is COc1ncc(Cl)c(N(CCN)C2CCCCC2)n1. The van der Waals surface area contributed by atoms with Crippen LogP contribution in [-0.2, 0) is 0 Å². The minimum Gasteiger partial charge on any atom is -0.467 e. The van der Waals surface area contributed by atoms with E-state index in [1.54, 1.807) is 13.3 Å². The number of hydrogen-bond donors (Lipinski definition) is 1. The summed E-state index contributed by atoms with van der Waals surface area (Å²) < 4.78 is 5.09. The van der Waals surface area contributed by atoms with Crippen molar-refractivity contribution in [3.05, 3.63) is 11.2 Å². The van der Waals surface area contributed by atoms with Crippen LogP contribution in [0.25, 0.3) is 0 Å². The number of rotatable bonds is 5. The largest absolute Gasteiger partial charge is 0.467 e. The first-order valence-electron chi connectivity index (χ1n) is 6.79. The molecule has 0 radical (unpaired) electrons. The van der Waals surface area contributed by atoms with E-state index in [0.717, 1.165) is 12.4 Å². The number of anilines is 1. The molecular weight excluding hydrogens is 264 g/mol. The van der Waals surface area contributed by atoms with E-state index < -0.39 is 0 Å². The average molecular weight is 285 g/mol. The monoisotopic (exact) mass is 284 g/mol. The molecule has 1 aliphatic carbocycles. The van der Waals surface area contributed by atoms with Gasteiger partial charge in [0.1, 0.15) is 5.02 Å². The summed E-state index contributed by atoms with van der Waals surface area (Å²) in [5, 5.41) is 0.555. The van der Waals surface area contributed by atoms with Crippen LogP contribution in [0.15, 0.2) is 6.20 Å². The van der Waals surface area contributed by atoms with Crippen molar-refractivity contribution in [2.45, 2.75) is 38.1 Å². The molecule has 6 heteroatoms. The molecule has 1 saturated carbocycles. The molecule has 0 aliphatic heterocycles. The van der Waals surface area contributed by atoms with Gasteiger partial charge >= 0.3 is 6.01 Å². The Morgan fingerprint density at radius 2 is 2.16 bits per heavy atom. The van der Waals surface area contributed by atoms with E-state index in [1.807, 2.05) is 0 Å². The van der Waals surface area contributed by atoms with Gasteiger partial charge in [0.05, 0.1) is 13.3 Å². The van der Waals surface area contributed by atoms with E-state index in [1.165, 1.54) is 32.1 Å². The van der Waals surface area contributed by atoms with Gasteiger partial charge in [-0.1, -0.05) is 30.9 Å². The molecule has 0 aromatic carbocycles. The Kier molecular flexibility index (Phi) is 5.22. The van der Waals surface area contributed by atoms with Crippen molar-refractivity contribution in [1.29, 1.82) is 0 Å². The van der Waals surface area contributed by atoms with Crippen molar-refractivity contribution in [2.24, 2.45) is 5.73 Å². The third kappa shape index (κ3) is 3.48. The highest BCUT2D eigenvalue weighted by Gasteiger charge is 2.24. The van der Waals surface area contributed by atoms with Crippen molar-refractivity contribution in [2.75, 3.05) is 25.1 Å². The van der Waals surface area contributed by atoms with E-state index in [0.29, 0.717) is 23.6 Å². The molecule has 1 aromatic rings. The maximum absolute atomic E-state index is 6.24. The van der Waals surface area contributed by atoms with Crippen LogP contribution in [-0.4, -0.2) is 36.2 Å². The van der Waals surface area contributed by atoms with Crippen molar-refractivity contribution in [1.82, 2.24) is 9.97 Å². The molecule has 2 N–H and O–H groups in total. The van der Waals surface area contributed by atoms with Gasteiger partial charge in [-0.05, 0) is 12.8 Å². The lowest BCUT2D eigenvalue weighted by Crippen LogP contribution is -2.41. The second kappa shape index (κ2) is 6.91. The lowest BCUT2D eigenvalue weighted by molar-refractivity contribution is 0.376. The average Bonchev–Trinajstić information content (AvgIpc) is 2.47. The second-order valence-corrected chi connectivity index (χ2v) is 5.21. The van der Waals surface area contributed by atoms with Crippen LogP contribution in [0.2, 0.25) is 5.02 Å². The molecule has 1 fully saturated rings. The van der Waals surface area contributed by atoms with Crippen molar-refractivity contribution in [3.63, 3.8) is 0 Å². The zero-order valence-corrected chi connectivity index (χ0v) is 12.1. The Balaban J connectivity index is 2.26.